The molecular weight excluding hydrogens is 364 g/mol. The van der Waals surface area contributed by atoms with Crippen LogP contribution in [0.1, 0.15) is 90.4 Å². The highest BCUT2D eigenvalue weighted by molar-refractivity contribution is 5.76. The molecule has 3 N–H and O–H groups in total. The first kappa shape index (κ1) is 27.9. The molecule has 0 fully saturated rings. The molecule has 6 nitrogen and oxygen atoms in total. The molecule has 0 aliphatic carbocycles. The van der Waals surface area contributed by atoms with E-state index < -0.39 is 0 Å². The molecule has 0 aliphatic heterocycles. The minimum atomic E-state index is 0.0420. The summed E-state index contributed by atoms with van der Waals surface area (Å²) in [7, 11) is 3.57. The van der Waals surface area contributed by atoms with Gasteiger partial charge in [-0.05, 0) is 13.5 Å². The van der Waals surface area contributed by atoms with Crippen LogP contribution in [0.15, 0.2) is 0 Å². The minimum Gasteiger partial charge on any atom is -0.359 e. The van der Waals surface area contributed by atoms with Crippen LogP contribution < -0.4 is 16.0 Å². The van der Waals surface area contributed by atoms with Crippen LogP contribution in [-0.4, -0.2) is 63.5 Å². The molecule has 0 rings (SSSR count). The third kappa shape index (κ3) is 19.9. The summed E-state index contributed by atoms with van der Waals surface area (Å²) in [6, 6.07) is 0. The Morgan fingerprint density at radius 2 is 1.17 bits per heavy atom. The molecule has 0 saturated heterocycles. The van der Waals surface area contributed by atoms with Crippen molar-refractivity contribution in [2.24, 2.45) is 0 Å². The van der Waals surface area contributed by atoms with Crippen LogP contribution >= 0.6 is 0 Å². The predicted molar refractivity (Wildman–Crippen MR) is 123 cm³/mol. The molecular formula is C23H48N4O2. The fourth-order valence-electron chi connectivity index (χ4n) is 3.36. The average molecular weight is 413 g/mol. The molecule has 0 bridgehead atoms. The molecule has 0 saturated carbocycles. The van der Waals surface area contributed by atoms with Gasteiger partial charge in [-0.15, -0.1) is 0 Å². The maximum Gasteiger partial charge on any atom is 0.221 e. The molecule has 0 heterocycles. The van der Waals surface area contributed by atoms with E-state index in [1.165, 1.54) is 64.2 Å². The zero-order chi connectivity index (χ0) is 21.6. The lowest BCUT2D eigenvalue weighted by Gasteiger charge is -2.21. The highest BCUT2D eigenvalue weighted by Gasteiger charge is 2.09. The lowest BCUT2D eigenvalue weighted by atomic mass is 10.1. The molecule has 0 spiro atoms. The average Bonchev–Trinajstić information content (AvgIpc) is 2.73. The Labute approximate surface area is 180 Å². The SMILES string of the molecule is CCCCCCCCCCCCCNC(=O)CCN(CCNC)CCC(=O)NC. The summed E-state index contributed by atoms with van der Waals surface area (Å²) >= 11 is 0. The van der Waals surface area contributed by atoms with Crippen molar-refractivity contribution < 1.29 is 9.59 Å². The number of hydrogen-bond donors (Lipinski definition) is 3. The molecule has 6 heteroatoms. The zero-order valence-electron chi connectivity index (χ0n) is 19.5. The summed E-state index contributed by atoms with van der Waals surface area (Å²) in [6.45, 7) is 6.13. The second-order valence-corrected chi connectivity index (χ2v) is 8.00. The van der Waals surface area contributed by atoms with E-state index in [2.05, 4.69) is 27.8 Å². The standard InChI is InChI=1S/C23H48N4O2/c1-4-5-6-7-8-9-10-11-12-13-14-17-26-23(29)16-20-27(21-18-24-2)19-15-22(28)25-3/h24H,4-21H2,1-3H3,(H,25,28)(H,26,29). The van der Waals surface area contributed by atoms with Crippen molar-refractivity contribution in [3.8, 4) is 0 Å². The van der Waals surface area contributed by atoms with Gasteiger partial charge in [0.05, 0.1) is 0 Å². The van der Waals surface area contributed by atoms with E-state index in [4.69, 9.17) is 0 Å². The van der Waals surface area contributed by atoms with Crippen LogP contribution in [0.4, 0.5) is 0 Å². The molecule has 0 aromatic rings. The smallest absolute Gasteiger partial charge is 0.221 e. The topological polar surface area (TPSA) is 73.5 Å². The van der Waals surface area contributed by atoms with Gasteiger partial charge in [-0.25, -0.2) is 0 Å². The Bertz CT molecular complexity index is 391. The largest absolute Gasteiger partial charge is 0.359 e. The molecule has 0 aromatic carbocycles. The van der Waals surface area contributed by atoms with E-state index in [9.17, 15) is 9.59 Å². The van der Waals surface area contributed by atoms with Gasteiger partial charge in [0, 0.05) is 52.6 Å². The molecule has 0 atom stereocenters. The van der Waals surface area contributed by atoms with Gasteiger partial charge in [0.25, 0.3) is 0 Å². The molecule has 0 aliphatic rings. The van der Waals surface area contributed by atoms with Gasteiger partial charge >= 0.3 is 0 Å². The first-order chi connectivity index (χ1) is 14.1. The van der Waals surface area contributed by atoms with Gasteiger partial charge in [-0.1, -0.05) is 71.1 Å². The first-order valence-electron chi connectivity index (χ1n) is 12.0. The van der Waals surface area contributed by atoms with Crippen molar-refractivity contribution in [1.29, 1.82) is 0 Å². The molecule has 2 amide bonds. The Morgan fingerprint density at radius 3 is 1.69 bits per heavy atom. The van der Waals surface area contributed by atoms with E-state index in [1.54, 1.807) is 7.05 Å². The maximum absolute atomic E-state index is 12.1. The number of carbonyl (C=O) groups is 2. The van der Waals surface area contributed by atoms with E-state index in [0.717, 1.165) is 26.1 Å². The van der Waals surface area contributed by atoms with E-state index in [1.807, 2.05) is 7.05 Å². The van der Waals surface area contributed by atoms with Gasteiger partial charge in [0.2, 0.25) is 11.8 Å². The molecule has 29 heavy (non-hydrogen) atoms. The number of hydrogen-bond acceptors (Lipinski definition) is 4. The van der Waals surface area contributed by atoms with Gasteiger partial charge in [-0.2, -0.15) is 0 Å². The van der Waals surface area contributed by atoms with E-state index in [-0.39, 0.29) is 11.8 Å². The highest BCUT2D eigenvalue weighted by atomic mass is 16.2. The highest BCUT2D eigenvalue weighted by Crippen LogP contribution is 2.11. The molecule has 0 radical (unpaired) electrons. The molecule has 0 unspecified atom stereocenters. The molecule has 0 aromatic heterocycles. The van der Waals surface area contributed by atoms with E-state index in [0.29, 0.717) is 25.9 Å². The number of rotatable bonds is 21. The Morgan fingerprint density at radius 1 is 0.655 bits per heavy atom. The van der Waals surface area contributed by atoms with Crippen molar-refractivity contribution >= 4 is 11.8 Å². The van der Waals surface area contributed by atoms with Crippen LogP contribution in [0.5, 0.6) is 0 Å². The van der Waals surface area contributed by atoms with Gasteiger partial charge in [0.1, 0.15) is 0 Å². The monoisotopic (exact) mass is 412 g/mol. The van der Waals surface area contributed by atoms with Crippen LogP contribution in [0.25, 0.3) is 0 Å². The predicted octanol–water partition coefficient (Wildman–Crippen LogP) is 3.46. The Kier molecular flexibility index (Phi) is 20.7. The van der Waals surface area contributed by atoms with Crippen LogP contribution in [0, 0.1) is 0 Å². The number of likely N-dealkylation sites (N-methyl/N-ethyl adjacent to an activating group) is 1. The second kappa shape index (κ2) is 21.6. The fraction of sp³-hybridized carbons (Fsp3) is 0.913. The second-order valence-electron chi connectivity index (χ2n) is 8.00. The lowest BCUT2D eigenvalue weighted by molar-refractivity contribution is -0.121. The number of nitrogens with one attached hydrogen (secondary N) is 3. The van der Waals surface area contributed by atoms with Crippen molar-refractivity contribution in [2.75, 3.05) is 46.8 Å². The van der Waals surface area contributed by atoms with Gasteiger partial charge < -0.3 is 20.9 Å². The van der Waals surface area contributed by atoms with Crippen molar-refractivity contribution in [2.45, 2.75) is 90.4 Å². The summed E-state index contributed by atoms with van der Waals surface area (Å²) in [5.41, 5.74) is 0. The van der Waals surface area contributed by atoms with Gasteiger partial charge in [0.15, 0.2) is 0 Å². The minimum absolute atomic E-state index is 0.0420. The van der Waals surface area contributed by atoms with Crippen molar-refractivity contribution in [1.82, 2.24) is 20.9 Å². The Hall–Kier alpha value is -1.14. The third-order valence-corrected chi connectivity index (χ3v) is 5.37. The number of carbonyl (C=O) groups excluding carboxylic acids is 2. The summed E-state index contributed by atoms with van der Waals surface area (Å²) < 4.78 is 0. The quantitative estimate of drug-likeness (QED) is 0.252. The normalized spacial score (nSPS) is 11.0. The van der Waals surface area contributed by atoms with Crippen molar-refractivity contribution in [3.05, 3.63) is 0 Å². The third-order valence-electron chi connectivity index (χ3n) is 5.37. The van der Waals surface area contributed by atoms with Crippen LogP contribution in [0.2, 0.25) is 0 Å². The van der Waals surface area contributed by atoms with Crippen LogP contribution in [0.3, 0.4) is 0 Å². The summed E-state index contributed by atoms with van der Waals surface area (Å²) in [5, 5.41) is 8.81. The summed E-state index contributed by atoms with van der Waals surface area (Å²) in [5.74, 6) is 0.159. The number of nitrogens with zero attached hydrogens (tertiary/aromatic N) is 1. The summed E-state index contributed by atoms with van der Waals surface area (Å²) in [4.78, 5) is 25.7. The fourth-order valence-corrected chi connectivity index (χ4v) is 3.36. The lowest BCUT2D eigenvalue weighted by Crippen LogP contribution is -2.37. The molecule has 172 valence electrons. The number of amides is 2. The summed E-state index contributed by atoms with van der Waals surface area (Å²) in [6.07, 6.45) is 15.5. The maximum atomic E-state index is 12.1. The van der Waals surface area contributed by atoms with E-state index >= 15 is 0 Å². The first-order valence-corrected chi connectivity index (χ1v) is 12.0. The van der Waals surface area contributed by atoms with Crippen LogP contribution in [-0.2, 0) is 9.59 Å². The van der Waals surface area contributed by atoms with Gasteiger partial charge in [-0.3, -0.25) is 9.59 Å². The van der Waals surface area contributed by atoms with Crippen molar-refractivity contribution in [3.63, 3.8) is 0 Å². The zero-order valence-corrected chi connectivity index (χ0v) is 19.5. The Balaban J connectivity index is 3.61. The number of unbranched alkanes of at least 4 members (excludes halogenated alkanes) is 10.